The van der Waals surface area contributed by atoms with Crippen LogP contribution in [0.15, 0.2) is 5.10 Å². The highest BCUT2D eigenvalue weighted by Crippen LogP contribution is 1.97. The van der Waals surface area contributed by atoms with Gasteiger partial charge in [-0.15, -0.1) is 5.10 Å². The molecule has 0 aromatic carbocycles. The lowest BCUT2D eigenvalue weighted by Crippen LogP contribution is -2.35. The Kier molecular flexibility index (Phi) is 4.52. The average Bonchev–Trinajstić information content (AvgIpc) is 2.02. The Morgan fingerprint density at radius 3 is 2.31 bits per heavy atom. The third kappa shape index (κ3) is 3.56. The molecule has 0 fully saturated rings. The van der Waals surface area contributed by atoms with Crippen molar-refractivity contribution in [3.63, 3.8) is 0 Å². The van der Waals surface area contributed by atoms with Crippen LogP contribution in [0.25, 0.3) is 0 Å². The summed E-state index contributed by atoms with van der Waals surface area (Å²) < 4.78 is 0. The van der Waals surface area contributed by atoms with Crippen LogP contribution in [0.4, 0.5) is 0 Å². The van der Waals surface area contributed by atoms with Gasteiger partial charge in [0.15, 0.2) is 0 Å². The number of amidine groups is 1. The number of amides is 1. The summed E-state index contributed by atoms with van der Waals surface area (Å²) in [5.74, 6) is 0.106. The molecule has 0 spiro atoms. The molecule has 0 rings (SSSR count). The predicted molar refractivity (Wildman–Crippen MR) is 49.8 cm³/mol. The Morgan fingerprint density at radius 1 is 1.54 bits per heavy atom. The van der Waals surface area contributed by atoms with E-state index in [0.717, 1.165) is 0 Å². The number of hydrazone groups is 1. The molecule has 0 saturated carbocycles. The molecule has 0 aliphatic heterocycles. The quantitative estimate of drug-likeness (QED) is 0.272. The summed E-state index contributed by atoms with van der Waals surface area (Å²) in [4.78, 5) is 11.9. The van der Waals surface area contributed by atoms with E-state index >= 15 is 0 Å². The summed E-state index contributed by atoms with van der Waals surface area (Å²) >= 11 is 0. The molecule has 5 nitrogen and oxygen atoms in total. The first-order chi connectivity index (χ1) is 6.02. The minimum Gasteiger partial charge on any atom is -0.300 e. The van der Waals surface area contributed by atoms with E-state index in [1.165, 1.54) is 9.91 Å². The number of carbonyl (C=O) groups excluding carboxylic acids is 1. The zero-order chi connectivity index (χ0) is 10.4. The van der Waals surface area contributed by atoms with Crippen LogP contribution in [0.2, 0.25) is 0 Å². The summed E-state index contributed by atoms with van der Waals surface area (Å²) in [7, 11) is 3.39. The fourth-order valence-electron chi connectivity index (χ4n) is 0.737. The minimum absolute atomic E-state index is 0.0594. The SMILES string of the molecule is CC(C)N(C=O)/C(C#N)=N\N(C)C. The molecular formula is C8H14N4O. The van der Waals surface area contributed by atoms with Gasteiger partial charge in [0.25, 0.3) is 0 Å². The fraction of sp³-hybridized carbons (Fsp3) is 0.625. The normalized spacial score (nSPS) is 10.9. The largest absolute Gasteiger partial charge is 0.300 e. The van der Waals surface area contributed by atoms with E-state index in [1.54, 1.807) is 14.1 Å². The van der Waals surface area contributed by atoms with Gasteiger partial charge in [-0.05, 0) is 13.8 Å². The van der Waals surface area contributed by atoms with Gasteiger partial charge in [0, 0.05) is 20.1 Å². The first-order valence-electron chi connectivity index (χ1n) is 3.92. The third-order valence-corrected chi connectivity index (χ3v) is 1.31. The minimum atomic E-state index is -0.0594. The van der Waals surface area contributed by atoms with Gasteiger partial charge < -0.3 is 5.01 Å². The fourth-order valence-corrected chi connectivity index (χ4v) is 0.737. The maximum Gasteiger partial charge on any atom is 0.233 e. The van der Waals surface area contributed by atoms with E-state index in [4.69, 9.17) is 5.26 Å². The summed E-state index contributed by atoms with van der Waals surface area (Å²) in [5, 5.41) is 14.1. The highest BCUT2D eigenvalue weighted by atomic mass is 16.1. The van der Waals surface area contributed by atoms with Crippen molar-refractivity contribution in [2.45, 2.75) is 19.9 Å². The third-order valence-electron chi connectivity index (χ3n) is 1.31. The Balaban J connectivity index is 4.75. The van der Waals surface area contributed by atoms with Crippen LogP contribution in [0.3, 0.4) is 0 Å². The molecule has 0 saturated heterocycles. The number of rotatable bonds is 3. The highest BCUT2D eigenvalue weighted by molar-refractivity contribution is 6.02. The van der Waals surface area contributed by atoms with Crippen molar-refractivity contribution in [1.82, 2.24) is 9.91 Å². The second-order valence-corrected chi connectivity index (χ2v) is 2.99. The molecule has 5 heteroatoms. The molecule has 0 aliphatic rings. The number of nitrogens with zero attached hydrogens (tertiary/aromatic N) is 4. The molecule has 0 bridgehead atoms. The topological polar surface area (TPSA) is 59.7 Å². The number of nitriles is 1. The monoisotopic (exact) mass is 182 g/mol. The molecule has 0 N–H and O–H groups in total. The van der Waals surface area contributed by atoms with Crippen LogP contribution in [0, 0.1) is 11.3 Å². The lowest BCUT2D eigenvalue weighted by Gasteiger charge is -2.19. The maximum atomic E-state index is 10.6. The van der Waals surface area contributed by atoms with Gasteiger partial charge in [-0.2, -0.15) is 5.26 Å². The molecule has 0 aromatic heterocycles. The van der Waals surface area contributed by atoms with Crippen LogP contribution in [-0.2, 0) is 4.79 Å². The van der Waals surface area contributed by atoms with Crippen molar-refractivity contribution in [3.05, 3.63) is 0 Å². The zero-order valence-corrected chi connectivity index (χ0v) is 8.35. The molecule has 72 valence electrons. The predicted octanol–water partition coefficient (Wildman–Crippen LogP) is 0.252. The standard InChI is InChI=1S/C8H14N4O/c1-7(2)12(6-13)8(5-9)10-11(3)4/h6-7H,1-4H3/b10-8-. The van der Waals surface area contributed by atoms with Gasteiger partial charge in [-0.1, -0.05) is 0 Å². The second-order valence-electron chi connectivity index (χ2n) is 2.99. The van der Waals surface area contributed by atoms with E-state index in [0.29, 0.717) is 6.41 Å². The Bertz CT molecular complexity index is 239. The van der Waals surface area contributed by atoms with Gasteiger partial charge in [-0.25, -0.2) is 0 Å². The van der Waals surface area contributed by atoms with Gasteiger partial charge in [0.2, 0.25) is 12.2 Å². The van der Waals surface area contributed by atoms with Crippen molar-refractivity contribution in [3.8, 4) is 6.07 Å². The Labute approximate surface area is 78.2 Å². The van der Waals surface area contributed by atoms with E-state index in [2.05, 4.69) is 5.10 Å². The molecule has 0 aromatic rings. The maximum absolute atomic E-state index is 10.6. The smallest absolute Gasteiger partial charge is 0.233 e. The van der Waals surface area contributed by atoms with Crippen molar-refractivity contribution in [1.29, 1.82) is 5.26 Å². The first kappa shape index (κ1) is 11.4. The average molecular weight is 182 g/mol. The van der Waals surface area contributed by atoms with Crippen molar-refractivity contribution in [2.75, 3.05) is 14.1 Å². The molecular weight excluding hydrogens is 168 g/mol. The van der Waals surface area contributed by atoms with Crippen LogP contribution in [-0.4, -0.2) is 42.3 Å². The molecule has 13 heavy (non-hydrogen) atoms. The van der Waals surface area contributed by atoms with Gasteiger partial charge in [0.05, 0.1) is 0 Å². The van der Waals surface area contributed by atoms with Crippen molar-refractivity contribution < 1.29 is 4.79 Å². The van der Waals surface area contributed by atoms with Crippen molar-refractivity contribution in [2.24, 2.45) is 5.10 Å². The number of hydrogen-bond donors (Lipinski definition) is 0. The molecule has 0 unspecified atom stereocenters. The second kappa shape index (κ2) is 5.14. The van der Waals surface area contributed by atoms with Crippen LogP contribution < -0.4 is 0 Å². The summed E-state index contributed by atoms with van der Waals surface area (Å²) in [6.45, 7) is 3.63. The van der Waals surface area contributed by atoms with Gasteiger partial charge >= 0.3 is 0 Å². The van der Waals surface area contributed by atoms with Crippen LogP contribution >= 0.6 is 0 Å². The lowest BCUT2D eigenvalue weighted by molar-refractivity contribution is -0.115. The van der Waals surface area contributed by atoms with Crippen LogP contribution in [0.1, 0.15) is 13.8 Å². The Hall–Kier alpha value is -1.57. The van der Waals surface area contributed by atoms with E-state index < -0.39 is 0 Å². The molecule has 0 radical (unpaired) electrons. The van der Waals surface area contributed by atoms with Crippen molar-refractivity contribution >= 4 is 12.2 Å². The summed E-state index contributed by atoms with van der Waals surface area (Å²) in [6.07, 6.45) is 0.607. The molecule has 0 atom stereocenters. The Morgan fingerprint density at radius 2 is 2.08 bits per heavy atom. The number of carbonyl (C=O) groups is 1. The molecule has 1 amide bonds. The summed E-state index contributed by atoms with van der Waals surface area (Å²) in [5.41, 5.74) is 0. The van der Waals surface area contributed by atoms with E-state index in [-0.39, 0.29) is 11.9 Å². The molecule has 0 heterocycles. The zero-order valence-electron chi connectivity index (χ0n) is 8.35. The lowest BCUT2D eigenvalue weighted by atomic mass is 10.3. The van der Waals surface area contributed by atoms with Gasteiger partial charge in [-0.3, -0.25) is 9.69 Å². The van der Waals surface area contributed by atoms with E-state index in [9.17, 15) is 4.79 Å². The van der Waals surface area contributed by atoms with Crippen LogP contribution in [0.5, 0.6) is 0 Å². The van der Waals surface area contributed by atoms with Gasteiger partial charge in [0.1, 0.15) is 6.07 Å². The number of hydrogen-bond acceptors (Lipinski definition) is 4. The molecule has 0 aliphatic carbocycles. The van der Waals surface area contributed by atoms with E-state index in [1.807, 2.05) is 19.9 Å². The highest BCUT2D eigenvalue weighted by Gasteiger charge is 2.13. The summed E-state index contributed by atoms with van der Waals surface area (Å²) in [6, 6.07) is 1.81. The first-order valence-corrected chi connectivity index (χ1v) is 3.92.